The summed E-state index contributed by atoms with van der Waals surface area (Å²) in [4.78, 5) is 34.1. The molecule has 0 aliphatic rings. The molecule has 0 aliphatic heterocycles. The van der Waals surface area contributed by atoms with Crippen molar-refractivity contribution in [2.24, 2.45) is 5.73 Å². The van der Waals surface area contributed by atoms with Crippen LogP contribution in [0.1, 0.15) is 29.6 Å². The Morgan fingerprint density at radius 1 is 1.21 bits per heavy atom. The quantitative estimate of drug-likeness (QED) is 0.449. The first-order chi connectivity index (χ1) is 11.5. The Morgan fingerprint density at radius 2 is 1.88 bits per heavy atom. The summed E-state index contributed by atoms with van der Waals surface area (Å²) >= 11 is 0. The Hall–Kier alpha value is -2.61. The predicted molar refractivity (Wildman–Crippen MR) is 87.8 cm³/mol. The van der Waals surface area contributed by atoms with E-state index in [0.29, 0.717) is 30.7 Å². The van der Waals surface area contributed by atoms with Crippen LogP contribution in [-0.2, 0) is 9.59 Å². The summed E-state index contributed by atoms with van der Waals surface area (Å²) in [6.45, 7) is 0.170. The van der Waals surface area contributed by atoms with Gasteiger partial charge in [-0.05, 0) is 43.5 Å². The smallest absolute Gasteiger partial charge is 0.326 e. The number of hydrogen-bond donors (Lipinski definition) is 4. The van der Waals surface area contributed by atoms with E-state index in [0.717, 1.165) is 0 Å². The number of hydrogen-bond acceptors (Lipinski definition) is 5. The van der Waals surface area contributed by atoms with Gasteiger partial charge in [0.1, 0.15) is 11.8 Å². The van der Waals surface area contributed by atoms with Crippen LogP contribution in [0.4, 0.5) is 0 Å². The second kappa shape index (κ2) is 10.2. The lowest BCUT2D eigenvalue weighted by Gasteiger charge is -2.13. The average molecular weight is 337 g/mol. The molecular weight excluding hydrogens is 314 g/mol. The van der Waals surface area contributed by atoms with Gasteiger partial charge in [0, 0.05) is 12.1 Å². The minimum absolute atomic E-state index is 0.205. The van der Waals surface area contributed by atoms with Gasteiger partial charge in [-0.1, -0.05) is 0 Å². The van der Waals surface area contributed by atoms with E-state index in [-0.39, 0.29) is 18.9 Å². The summed E-state index contributed by atoms with van der Waals surface area (Å²) in [5, 5.41) is 14.1. The van der Waals surface area contributed by atoms with Gasteiger partial charge >= 0.3 is 5.97 Å². The lowest BCUT2D eigenvalue weighted by Crippen LogP contribution is -2.43. The Kier molecular flexibility index (Phi) is 8.28. The fourth-order valence-corrected chi connectivity index (χ4v) is 2.03. The number of carboxylic acid groups (broad SMARTS) is 1. The van der Waals surface area contributed by atoms with Crippen molar-refractivity contribution in [1.29, 1.82) is 0 Å². The molecule has 8 nitrogen and oxygen atoms in total. The molecule has 132 valence electrons. The van der Waals surface area contributed by atoms with Crippen LogP contribution >= 0.6 is 0 Å². The lowest BCUT2D eigenvalue weighted by molar-refractivity contribution is -0.141. The van der Waals surface area contributed by atoms with E-state index in [1.807, 2.05) is 0 Å². The van der Waals surface area contributed by atoms with Gasteiger partial charge in [0.25, 0.3) is 5.91 Å². The van der Waals surface area contributed by atoms with Crippen LogP contribution in [0.25, 0.3) is 0 Å². The molecule has 0 saturated heterocycles. The zero-order valence-corrected chi connectivity index (χ0v) is 13.6. The van der Waals surface area contributed by atoms with E-state index < -0.39 is 17.9 Å². The number of rotatable bonds is 10. The van der Waals surface area contributed by atoms with Crippen molar-refractivity contribution in [3.63, 3.8) is 0 Å². The summed E-state index contributed by atoms with van der Waals surface area (Å²) in [6, 6.07) is 5.77. The molecular formula is C16H23N3O5. The number of nitrogens with one attached hydrogen (secondary N) is 2. The molecule has 0 unspecified atom stereocenters. The summed E-state index contributed by atoms with van der Waals surface area (Å²) in [7, 11) is 1.55. The van der Waals surface area contributed by atoms with E-state index in [1.54, 1.807) is 31.4 Å². The molecule has 0 fully saturated rings. The van der Waals surface area contributed by atoms with Crippen LogP contribution in [0.5, 0.6) is 5.75 Å². The largest absolute Gasteiger partial charge is 0.497 e. The fourth-order valence-electron chi connectivity index (χ4n) is 2.03. The number of methoxy groups -OCH3 is 1. The van der Waals surface area contributed by atoms with Crippen LogP contribution in [0.2, 0.25) is 0 Å². The van der Waals surface area contributed by atoms with Crippen molar-refractivity contribution < 1.29 is 24.2 Å². The molecule has 1 rings (SSSR count). The summed E-state index contributed by atoms with van der Waals surface area (Å²) in [6.07, 6.45) is 1.42. The number of benzene rings is 1. The molecule has 0 aliphatic carbocycles. The summed E-state index contributed by atoms with van der Waals surface area (Å²) < 4.78 is 5.02. The fraction of sp³-hybridized carbons (Fsp3) is 0.438. The van der Waals surface area contributed by atoms with Gasteiger partial charge in [-0.3, -0.25) is 9.59 Å². The second-order valence-corrected chi connectivity index (χ2v) is 5.14. The molecule has 0 aromatic heterocycles. The van der Waals surface area contributed by atoms with Crippen LogP contribution in [0.3, 0.4) is 0 Å². The monoisotopic (exact) mass is 337 g/mol. The molecule has 0 spiro atoms. The minimum Gasteiger partial charge on any atom is -0.497 e. The number of nitrogens with two attached hydrogens (primary N) is 1. The van der Waals surface area contributed by atoms with Crippen molar-refractivity contribution >= 4 is 17.8 Å². The Morgan fingerprint density at radius 3 is 2.42 bits per heavy atom. The Balaban J connectivity index is 2.29. The third-order valence-corrected chi connectivity index (χ3v) is 3.38. The highest BCUT2D eigenvalue weighted by molar-refractivity contribution is 5.94. The van der Waals surface area contributed by atoms with Gasteiger partial charge in [-0.25, -0.2) is 4.79 Å². The number of aliphatic carboxylic acids is 1. The molecule has 0 saturated carbocycles. The van der Waals surface area contributed by atoms with Gasteiger partial charge in [-0.2, -0.15) is 0 Å². The van der Waals surface area contributed by atoms with Crippen LogP contribution in [-0.4, -0.2) is 49.1 Å². The Labute approximate surface area is 140 Å². The topological polar surface area (TPSA) is 131 Å². The van der Waals surface area contributed by atoms with E-state index in [4.69, 9.17) is 15.6 Å². The maximum Gasteiger partial charge on any atom is 0.326 e. The molecule has 5 N–H and O–H groups in total. The van der Waals surface area contributed by atoms with Crippen molar-refractivity contribution in [2.45, 2.75) is 25.3 Å². The van der Waals surface area contributed by atoms with Gasteiger partial charge < -0.3 is 26.2 Å². The van der Waals surface area contributed by atoms with Crippen molar-refractivity contribution in [2.75, 3.05) is 20.2 Å². The highest BCUT2D eigenvalue weighted by Crippen LogP contribution is 2.11. The zero-order valence-electron chi connectivity index (χ0n) is 13.6. The first-order valence-electron chi connectivity index (χ1n) is 7.62. The average Bonchev–Trinajstić information content (AvgIpc) is 2.59. The molecule has 0 bridgehead atoms. The SMILES string of the molecule is COc1ccc(C(=O)NCCCC[C@@H](NC(=O)CN)C(=O)O)cc1. The molecule has 8 heteroatoms. The number of carbonyl (C=O) groups excluding carboxylic acids is 2. The lowest BCUT2D eigenvalue weighted by atomic mass is 10.1. The third kappa shape index (κ3) is 6.66. The first-order valence-corrected chi connectivity index (χ1v) is 7.62. The molecule has 0 radical (unpaired) electrons. The Bertz CT molecular complexity index is 559. The van der Waals surface area contributed by atoms with Crippen molar-refractivity contribution in [1.82, 2.24) is 10.6 Å². The molecule has 1 atom stereocenters. The highest BCUT2D eigenvalue weighted by atomic mass is 16.5. The van der Waals surface area contributed by atoms with Gasteiger partial charge in [0.2, 0.25) is 5.91 Å². The van der Waals surface area contributed by atoms with Crippen LogP contribution < -0.4 is 21.1 Å². The van der Waals surface area contributed by atoms with Gasteiger partial charge in [0.05, 0.1) is 13.7 Å². The maximum atomic E-state index is 11.9. The van der Waals surface area contributed by atoms with Crippen molar-refractivity contribution in [3.8, 4) is 5.75 Å². The number of unbranched alkanes of at least 4 members (excludes halogenated alkanes) is 1. The summed E-state index contributed by atoms with van der Waals surface area (Å²) in [5.41, 5.74) is 5.67. The standard InChI is InChI=1S/C16H23N3O5/c1-24-12-7-5-11(6-8-12)15(21)18-9-3-2-4-13(16(22)23)19-14(20)10-17/h5-8,13H,2-4,9-10,17H2,1H3,(H,18,21)(H,19,20)(H,22,23)/t13-/m1/s1. The normalized spacial score (nSPS) is 11.4. The van der Waals surface area contributed by atoms with Crippen LogP contribution in [0, 0.1) is 0 Å². The maximum absolute atomic E-state index is 11.9. The van der Waals surface area contributed by atoms with E-state index in [2.05, 4.69) is 10.6 Å². The number of carboxylic acids is 1. The molecule has 1 aromatic carbocycles. The minimum atomic E-state index is -1.10. The summed E-state index contributed by atoms with van der Waals surface area (Å²) in [5.74, 6) is -1.14. The first kappa shape index (κ1) is 19.4. The molecule has 2 amide bonds. The highest BCUT2D eigenvalue weighted by Gasteiger charge is 2.18. The van der Waals surface area contributed by atoms with Gasteiger partial charge in [-0.15, -0.1) is 0 Å². The third-order valence-electron chi connectivity index (χ3n) is 3.38. The second-order valence-electron chi connectivity index (χ2n) is 5.14. The molecule has 1 aromatic rings. The van der Waals surface area contributed by atoms with E-state index in [1.165, 1.54) is 0 Å². The van der Waals surface area contributed by atoms with E-state index in [9.17, 15) is 14.4 Å². The van der Waals surface area contributed by atoms with Crippen molar-refractivity contribution in [3.05, 3.63) is 29.8 Å². The molecule has 0 heterocycles. The van der Waals surface area contributed by atoms with E-state index >= 15 is 0 Å². The zero-order chi connectivity index (χ0) is 17.9. The molecule has 24 heavy (non-hydrogen) atoms. The number of carbonyl (C=O) groups is 3. The number of ether oxygens (including phenoxy) is 1. The van der Waals surface area contributed by atoms with Crippen LogP contribution in [0.15, 0.2) is 24.3 Å². The van der Waals surface area contributed by atoms with Gasteiger partial charge in [0.15, 0.2) is 0 Å². The predicted octanol–water partition coefficient (Wildman–Crippen LogP) is 0.123. The number of amides is 2.